The van der Waals surface area contributed by atoms with Gasteiger partial charge in [0.1, 0.15) is 17.4 Å². The molecule has 9 heteroatoms. The van der Waals surface area contributed by atoms with Crippen molar-refractivity contribution in [2.45, 2.75) is 104 Å². The molecule has 0 spiro atoms. The molecule has 2 atom stereocenters. The summed E-state index contributed by atoms with van der Waals surface area (Å²) in [6.07, 6.45) is 0.334. The first-order valence-corrected chi connectivity index (χ1v) is 13.7. The number of ketones is 1. The maximum atomic E-state index is 12.0. The van der Waals surface area contributed by atoms with Crippen molar-refractivity contribution in [2.75, 3.05) is 20.3 Å². The maximum Gasteiger partial charge on any atom is 0.408 e. The highest BCUT2D eigenvalue weighted by Gasteiger charge is 2.39. The Labute approximate surface area is 188 Å². The quantitative estimate of drug-likeness (QED) is 0.264. The van der Waals surface area contributed by atoms with Gasteiger partial charge in [0.25, 0.3) is 0 Å². The van der Waals surface area contributed by atoms with Crippen molar-refractivity contribution in [3.8, 4) is 0 Å². The molecular weight excluding hydrogens is 418 g/mol. The van der Waals surface area contributed by atoms with Gasteiger partial charge in [-0.05, 0) is 52.2 Å². The Morgan fingerprint density at radius 3 is 2.03 bits per heavy atom. The van der Waals surface area contributed by atoms with Crippen molar-refractivity contribution < 1.29 is 33.0 Å². The minimum Gasteiger partial charge on any atom is -0.467 e. The standard InChI is InChI=1S/C22H43NO7Si/c1-16(24)11-12-17(30-31(9,10)22(5,6)7)15-28-14-13-18(19(25)27-8)23-20(26)29-21(2,3)4/h17-18H,11-15H2,1-10H3,(H,23,26)/t17-,18-/m0/s1. The number of hydrogen-bond acceptors (Lipinski definition) is 7. The summed E-state index contributed by atoms with van der Waals surface area (Å²) in [5, 5.41) is 2.56. The molecule has 31 heavy (non-hydrogen) atoms. The van der Waals surface area contributed by atoms with Crippen LogP contribution in [-0.4, -0.2) is 64.2 Å². The lowest BCUT2D eigenvalue weighted by atomic mass is 10.1. The molecule has 1 N–H and O–H groups in total. The van der Waals surface area contributed by atoms with E-state index in [9.17, 15) is 14.4 Å². The van der Waals surface area contributed by atoms with E-state index in [0.717, 1.165) is 0 Å². The van der Waals surface area contributed by atoms with Gasteiger partial charge in [-0.3, -0.25) is 0 Å². The van der Waals surface area contributed by atoms with E-state index in [0.29, 0.717) is 19.4 Å². The zero-order chi connectivity index (χ0) is 24.5. The predicted molar refractivity (Wildman–Crippen MR) is 123 cm³/mol. The van der Waals surface area contributed by atoms with Crippen molar-refractivity contribution in [1.29, 1.82) is 0 Å². The van der Waals surface area contributed by atoms with Crippen LogP contribution in [0.4, 0.5) is 4.79 Å². The number of rotatable bonds is 12. The Morgan fingerprint density at radius 1 is 1.00 bits per heavy atom. The predicted octanol–water partition coefficient (Wildman–Crippen LogP) is 4.22. The molecule has 0 fully saturated rings. The lowest BCUT2D eigenvalue weighted by molar-refractivity contribution is -0.143. The molecule has 8 nitrogen and oxygen atoms in total. The molecule has 0 saturated carbocycles. The van der Waals surface area contributed by atoms with E-state index in [1.54, 1.807) is 27.7 Å². The summed E-state index contributed by atoms with van der Waals surface area (Å²) < 4.78 is 22.2. The zero-order valence-electron chi connectivity index (χ0n) is 21.0. The number of alkyl carbamates (subject to hydrolysis) is 1. The Bertz CT molecular complexity index is 594. The molecule has 1 amide bonds. The monoisotopic (exact) mass is 461 g/mol. The fraction of sp³-hybridized carbons (Fsp3) is 0.864. The van der Waals surface area contributed by atoms with E-state index in [4.69, 9.17) is 18.6 Å². The van der Waals surface area contributed by atoms with E-state index in [-0.39, 0.29) is 30.0 Å². The first kappa shape index (κ1) is 29.5. The van der Waals surface area contributed by atoms with Crippen LogP contribution in [0.1, 0.15) is 67.7 Å². The van der Waals surface area contributed by atoms with Gasteiger partial charge < -0.3 is 28.7 Å². The van der Waals surface area contributed by atoms with Gasteiger partial charge in [0.05, 0.1) is 19.8 Å². The lowest BCUT2D eigenvalue weighted by Gasteiger charge is -2.39. The summed E-state index contributed by atoms with van der Waals surface area (Å²) in [4.78, 5) is 35.5. The van der Waals surface area contributed by atoms with Crippen LogP contribution in [0.15, 0.2) is 0 Å². The third-order valence-electron chi connectivity index (χ3n) is 5.12. The number of carbonyl (C=O) groups is 3. The molecule has 0 unspecified atom stereocenters. The van der Waals surface area contributed by atoms with Gasteiger partial charge in [-0.15, -0.1) is 0 Å². The first-order chi connectivity index (χ1) is 14.0. The van der Waals surface area contributed by atoms with Crippen molar-refractivity contribution in [3.63, 3.8) is 0 Å². The van der Waals surface area contributed by atoms with E-state index in [2.05, 4.69) is 39.2 Å². The van der Waals surface area contributed by atoms with Crippen LogP contribution in [0.5, 0.6) is 0 Å². The Morgan fingerprint density at radius 2 is 1.58 bits per heavy atom. The summed E-state index contributed by atoms with van der Waals surface area (Å²) in [5.41, 5.74) is -0.674. The fourth-order valence-electron chi connectivity index (χ4n) is 2.39. The van der Waals surface area contributed by atoms with Gasteiger partial charge >= 0.3 is 12.1 Å². The number of esters is 1. The number of nitrogens with one attached hydrogen (secondary N) is 1. The number of carbonyl (C=O) groups excluding carboxylic acids is 3. The van der Waals surface area contributed by atoms with Crippen LogP contribution in [0, 0.1) is 0 Å². The Kier molecular flexibility index (Phi) is 12.0. The molecule has 0 aromatic rings. The van der Waals surface area contributed by atoms with E-state index in [1.165, 1.54) is 7.11 Å². The first-order valence-electron chi connectivity index (χ1n) is 10.8. The molecule has 0 aliphatic carbocycles. The highest BCUT2D eigenvalue weighted by Crippen LogP contribution is 2.37. The van der Waals surface area contributed by atoms with Crippen molar-refractivity contribution in [2.24, 2.45) is 0 Å². The molecule has 182 valence electrons. The maximum absolute atomic E-state index is 12.0. The summed E-state index contributed by atoms with van der Waals surface area (Å²) in [6.45, 7) is 18.1. The lowest BCUT2D eigenvalue weighted by Crippen LogP contribution is -2.46. The van der Waals surface area contributed by atoms with E-state index < -0.39 is 32.0 Å². The molecule has 0 aromatic heterocycles. The van der Waals surface area contributed by atoms with Gasteiger partial charge in [0.2, 0.25) is 0 Å². The highest BCUT2D eigenvalue weighted by molar-refractivity contribution is 6.74. The van der Waals surface area contributed by atoms with Gasteiger partial charge in [-0.2, -0.15) is 0 Å². The normalized spacial score (nSPS) is 14.5. The van der Waals surface area contributed by atoms with Gasteiger partial charge in [-0.25, -0.2) is 9.59 Å². The topological polar surface area (TPSA) is 100 Å². The van der Waals surface area contributed by atoms with Crippen molar-refractivity contribution >= 4 is 26.2 Å². The molecule has 0 aliphatic rings. The van der Waals surface area contributed by atoms with Gasteiger partial charge in [0, 0.05) is 19.4 Å². The Hall–Kier alpha value is -1.45. The second-order valence-electron chi connectivity index (χ2n) is 10.3. The van der Waals surface area contributed by atoms with E-state index >= 15 is 0 Å². The van der Waals surface area contributed by atoms with Crippen LogP contribution in [0.3, 0.4) is 0 Å². The fourth-order valence-corrected chi connectivity index (χ4v) is 3.76. The van der Waals surface area contributed by atoms with Crippen LogP contribution < -0.4 is 5.32 Å². The van der Waals surface area contributed by atoms with E-state index in [1.807, 2.05) is 0 Å². The Balaban J connectivity index is 4.87. The summed E-state index contributed by atoms with van der Waals surface area (Å²) >= 11 is 0. The molecule has 0 rings (SSSR count). The molecule has 0 aliphatic heterocycles. The summed E-state index contributed by atoms with van der Waals surface area (Å²) in [5.74, 6) is -0.462. The highest BCUT2D eigenvalue weighted by atomic mass is 28.4. The number of hydrogen-bond donors (Lipinski definition) is 1. The van der Waals surface area contributed by atoms with Gasteiger partial charge in [0.15, 0.2) is 8.32 Å². The second kappa shape index (κ2) is 12.5. The average Bonchev–Trinajstić information content (AvgIpc) is 2.58. The largest absolute Gasteiger partial charge is 0.467 e. The van der Waals surface area contributed by atoms with Crippen molar-refractivity contribution in [3.05, 3.63) is 0 Å². The third-order valence-corrected chi connectivity index (χ3v) is 9.65. The summed E-state index contributed by atoms with van der Waals surface area (Å²) in [7, 11) is -0.768. The SMILES string of the molecule is COC(=O)[C@H](CCOC[C@H](CCC(C)=O)O[Si](C)(C)C(C)(C)C)NC(=O)OC(C)(C)C. The number of Topliss-reactive ketones (excluding diaryl/α,β-unsaturated/α-hetero) is 1. The zero-order valence-corrected chi connectivity index (χ0v) is 22.0. The van der Waals surface area contributed by atoms with Gasteiger partial charge in [-0.1, -0.05) is 20.8 Å². The molecule has 0 heterocycles. The van der Waals surface area contributed by atoms with Crippen LogP contribution >= 0.6 is 0 Å². The second-order valence-corrected chi connectivity index (χ2v) is 15.1. The molecule has 0 bridgehead atoms. The minimum absolute atomic E-state index is 0.0365. The molecule has 0 aromatic carbocycles. The number of amides is 1. The summed E-state index contributed by atoms with van der Waals surface area (Å²) in [6, 6.07) is -0.878. The average molecular weight is 462 g/mol. The molecule has 0 saturated heterocycles. The number of methoxy groups -OCH3 is 1. The van der Waals surface area contributed by atoms with Crippen LogP contribution in [0.25, 0.3) is 0 Å². The van der Waals surface area contributed by atoms with Crippen LogP contribution in [0.2, 0.25) is 18.1 Å². The minimum atomic E-state index is -2.03. The number of ether oxygens (including phenoxy) is 3. The smallest absolute Gasteiger partial charge is 0.408 e. The molecular formula is C22H43NO7Si. The molecule has 0 radical (unpaired) electrons. The third kappa shape index (κ3) is 12.9. The van der Waals surface area contributed by atoms with Crippen LogP contribution in [-0.2, 0) is 28.2 Å². The van der Waals surface area contributed by atoms with Crippen molar-refractivity contribution in [1.82, 2.24) is 5.32 Å².